The minimum absolute atomic E-state index is 0.0341. The number of aromatic nitrogens is 4. The van der Waals surface area contributed by atoms with Gasteiger partial charge in [-0.3, -0.25) is 19.1 Å². The van der Waals surface area contributed by atoms with E-state index in [0.717, 1.165) is 35.7 Å². The van der Waals surface area contributed by atoms with Crippen LogP contribution in [0.15, 0.2) is 71.9 Å². The van der Waals surface area contributed by atoms with Gasteiger partial charge in [0, 0.05) is 37.0 Å². The molecule has 6 rings (SSSR count). The maximum atomic E-state index is 14.9. The number of ether oxygens (including phenoxy) is 1. The largest absolute Gasteiger partial charge is 0.453 e. The standard InChI is InChI=1S/C28H21F3N6O4/c1-35-13-19(28(40)37(35)22-7-4-16(29)10-20(22)30)27(39)32-17-5-8-23(21(31)11-17)41-18-6-9-25-33-24(14-36(25)12-18)34-26(38)15-2-3-15/h4-15H,2-3H2,1H3,(H,32,39)(H,34,38). The number of anilines is 2. The molecule has 2 aromatic carbocycles. The van der Waals surface area contributed by atoms with Crippen molar-refractivity contribution in [1.82, 2.24) is 18.7 Å². The summed E-state index contributed by atoms with van der Waals surface area (Å²) in [6, 6.07) is 9.66. The molecule has 0 saturated heterocycles. The molecule has 41 heavy (non-hydrogen) atoms. The zero-order valence-corrected chi connectivity index (χ0v) is 21.4. The molecule has 13 heteroatoms. The third-order valence-corrected chi connectivity index (χ3v) is 6.48. The predicted molar refractivity (Wildman–Crippen MR) is 142 cm³/mol. The minimum atomic E-state index is -0.981. The number of halogens is 3. The Bertz CT molecular complexity index is 1910. The average Bonchev–Trinajstić information content (AvgIpc) is 3.64. The van der Waals surface area contributed by atoms with E-state index in [2.05, 4.69) is 15.6 Å². The van der Waals surface area contributed by atoms with E-state index >= 15 is 0 Å². The molecular formula is C28H21F3N6O4. The summed E-state index contributed by atoms with van der Waals surface area (Å²) >= 11 is 0. The van der Waals surface area contributed by atoms with E-state index in [-0.39, 0.29) is 34.5 Å². The minimum Gasteiger partial charge on any atom is -0.453 e. The Hall–Kier alpha value is -5.33. The first-order valence-electron chi connectivity index (χ1n) is 12.5. The second-order valence-corrected chi connectivity index (χ2v) is 9.55. The summed E-state index contributed by atoms with van der Waals surface area (Å²) in [6.45, 7) is 0. The number of carbonyl (C=O) groups is 2. The average molecular weight is 563 g/mol. The SMILES string of the molecule is Cn1cc(C(=O)Nc2ccc(Oc3ccc4nc(NC(=O)C5CC5)cn4c3)c(F)c2)c(=O)n1-c1ccc(F)cc1F. The summed E-state index contributed by atoms with van der Waals surface area (Å²) in [5.74, 6) is -2.90. The number of nitrogens with zero attached hydrogens (tertiary/aromatic N) is 4. The van der Waals surface area contributed by atoms with E-state index in [1.807, 2.05) is 0 Å². The quantitative estimate of drug-likeness (QED) is 0.300. The third-order valence-electron chi connectivity index (χ3n) is 6.48. The van der Waals surface area contributed by atoms with Crippen molar-refractivity contribution in [2.75, 3.05) is 10.6 Å². The Labute approximate surface area is 229 Å². The van der Waals surface area contributed by atoms with Gasteiger partial charge in [0.05, 0.1) is 12.4 Å². The van der Waals surface area contributed by atoms with Crippen molar-refractivity contribution in [3.63, 3.8) is 0 Å². The molecule has 0 bridgehead atoms. The summed E-state index contributed by atoms with van der Waals surface area (Å²) < 4.78 is 51.8. The van der Waals surface area contributed by atoms with Crippen molar-refractivity contribution in [3.05, 3.63) is 100 Å². The fraction of sp³-hybridized carbons (Fsp3) is 0.143. The lowest BCUT2D eigenvalue weighted by atomic mass is 10.2. The molecule has 0 radical (unpaired) electrons. The molecule has 10 nitrogen and oxygen atoms in total. The smallest absolute Gasteiger partial charge is 0.284 e. The molecule has 1 aliphatic rings. The van der Waals surface area contributed by atoms with Gasteiger partial charge in [0.1, 0.15) is 28.5 Å². The first-order valence-corrected chi connectivity index (χ1v) is 12.5. The normalized spacial score (nSPS) is 12.9. The van der Waals surface area contributed by atoms with Crippen molar-refractivity contribution in [2.24, 2.45) is 13.0 Å². The zero-order valence-electron chi connectivity index (χ0n) is 21.4. The number of aryl methyl sites for hydroxylation is 1. The molecule has 1 aliphatic carbocycles. The Morgan fingerprint density at radius 1 is 0.951 bits per heavy atom. The van der Waals surface area contributed by atoms with Gasteiger partial charge in [0.2, 0.25) is 5.91 Å². The van der Waals surface area contributed by atoms with Crippen LogP contribution in [0.1, 0.15) is 23.2 Å². The van der Waals surface area contributed by atoms with E-state index in [0.29, 0.717) is 23.3 Å². The van der Waals surface area contributed by atoms with Gasteiger partial charge < -0.3 is 19.8 Å². The highest BCUT2D eigenvalue weighted by molar-refractivity contribution is 6.04. The molecule has 2 amide bonds. The highest BCUT2D eigenvalue weighted by Gasteiger charge is 2.30. The number of nitrogens with one attached hydrogen (secondary N) is 2. The van der Waals surface area contributed by atoms with Crippen LogP contribution < -0.4 is 20.9 Å². The van der Waals surface area contributed by atoms with Crippen molar-refractivity contribution in [3.8, 4) is 17.2 Å². The van der Waals surface area contributed by atoms with Crippen LogP contribution in [0.3, 0.4) is 0 Å². The lowest BCUT2D eigenvalue weighted by molar-refractivity contribution is -0.117. The number of imidazole rings is 1. The van der Waals surface area contributed by atoms with Crippen LogP contribution in [-0.4, -0.2) is 30.6 Å². The number of hydrogen-bond acceptors (Lipinski definition) is 5. The number of pyridine rings is 1. The van der Waals surface area contributed by atoms with Crippen LogP contribution in [0.5, 0.6) is 11.5 Å². The van der Waals surface area contributed by atoms with Crippen LogP contribution in [0.2, 0.25) is 0 Å². The molecule has 5 aromatic rings. The molecule has 0 aliphatic heterocycles. The van der Waals surface area contributed by atoms with E-state index in [1.54, 1.807) is 28.9 Å². The van der Waals surface area contributed by atoms with Crippen LogP contribution >= 0.6 is 0 Å². The van der Waals surface area contributed by atoms with Crippen molar-refractivity contribution >= 4 is 29.0 Å². The highest BCUT2D eigenvalue weighted by Crippen LogP contribution is 2.31. The van der Waals surface area contributed by atoms with Gasteiger partial charge in [-0.2, -0.15) is 0 Å². The fourth-order valence-electron chi connectivity index (χ4n) is 4.30. The number of fused-ring (bicyclic) bond motifs is 1. The number of hydrogen-bond donors (Lipinski definition) is 2. The Balaban J connectivity index is 1.16. The van der Waals surface area contributed by atoms with Crippen molar-refractivity contribution in [2.45, 2.75) is 12.8 Å². The molecule has 3 aromatic heterocycles. The second kappa shape index (κ2) is 10.0. The van der Waals surface area contributed by atoms with Gasteiger partial charge in [0.25, 0.3) is 11.5 Å². The maximum Gasteiger partial charge on any atom is 0.284 e. The van der Waals surface area contributed by atoms with Gasteiger partial charge in [-0.25, -0.2) is 22.8 Å². The molecule has 1 fully saturated rings. The summed E-state index contributed by atoms with van der Waals surface area (Å²) in [7, 11) is 1.42. The zero-order chi connectivity index (χ0) is 28.8. The van der Waals surface area contributed by atoms with Crippen molar-refractivity contribution < 1.29 is 27.5 Å². The summed E-state index contributed by atoms with van der Waals surface area (Å²) in [6.07, 6.45) is 6.13. The van der Waals surface area contributed by atoms with Gasteiger partial charge in [-0.1, -0.05) is 0 Å². The van der Waals surface area contributed by atoms with Crippen LogP contribution in [0, 0.1) is 23.4 Å². The summed E-state index contributed by atoms with van der Waals surface area (Å²) in [5, 5.41) is 5.21. The fourth-order valence-corrected chi connectivity index (χ4v) is 4.30. The predicted octanol–water partition coefficient (Wildman–Crippen LogP) is 4.63. The van der Waals surface area contributed by atoms with Gasteiger partial charge in [0.15, 0.2) is 23.2 Å². The maximum absolute atomic E-state index is 14.9. The third kappa shape index (κ3) is 5.16. The van der Waals surface area contributed by atoms with E-state index in [4.69, 9.17) is 4.74 Å². The highest BCUT2D eigenvalue weighted by atomic mass is 19.1. The molecule has 2 N–H and O–H groups in total. The lowest BCUT2D eigenvalue weighted by Crippen LogP contribution is -2.26. The molecule has 0 atom stereocenters. The Morgan fingerprint density at radius 2 is 1.76 bits per heavy atom. The van der Waals surface area contributed by atoms with Crippen molar-refractivity contribution in [1.29, 1.82) is 0 Å². The topological polar surface area (TPSA) is 112 Å². The van der Waals surface area contributed by atoms with Gasteiger partial charge in [-0.05, 0) is 49.2 Å². The Morgan fingerprint density at radius 3 is 2.49 bits per heavy atom. The number of benzene rings is 2. The molecule has 208 valence electrons. The number of rotatable bonds is 7. The van der Waals surface area contributed by atoms with Gasteiger partial charge in [-0.15, -0.1) is 0 Å². The van der Waals surface area contributed by atoms with E-state index in [9.17, 15) is 27.6 Å². The van der Waals surface area contributed by atoms with Crippen LogP contribution in [-0.2, 0) is 11.8 Å². The Kier molecular flexibility index (Phi) is 6.33. The lowest BCUT2D eigenvalue weighted by Gasteiger charge is -2.09. The summed E-state index contributed by atoms with van der Waals surface area (Å²) in [5.41, 5.74) is -0.814. The number of carbonyl (C=O) groups excluding carboxylic acids is 2. The first kappa shape index (κ1) is 25.9. The van der Waals surface area contributed by atoms with E-state index in [1.165, 1.54) is 30.1 Å². The van der Waals surface area contributed by atoms with Crippen LogP contribution in [0.25, 0.3) is 11.3 Å². The molecule has 0 spiro atoms. The molecule has 0 unspecified atom stereocenters. The molecule has 1 saturated carbocycles. The number of amides is 2. The second-order valence-electron chi connectivity index (χ2n) is 9.55. The van der Waals surface area contributed by atoms with Gasteiger partial charge >= 0.3 is 0 Å². The monoisotopic (exact) mass is 562 g/mol. The molecular weight excluding hydrogens is 541 g/mol. The van der Waals surface area contributed by atoms with E-state index < -0.39 is 28.9 Å². The van der Waals surface area contributed by atoms with Crippen LogP contribution in [0.4, 0.5) is 24.7 Å². The first-order chi connectivity index (χ1) is 19.7. The summed E-state index contributed by atoms with van der Waals surface area (Å²) in [4.78, 5) is 42.0. The molecule has 3 heterocycles.